The van der Waals surface area contributed by atoms with Crippen LogP contribution in [0.4, 0.5) is 0 Å². The number of amides is 1. The molecule has 4 nitrogen and oxygen atoms in total. The van der Waals surface area contributed by atoms with E-state index in [1.807, 2.05) is 63.2 Å². The van der Waals surface area contributed by atoms with Gasteiger partial charge < -0.3 is 14.8 Å². The third kappa shape index (κ3) is 4.26. The van der Waals surface area contributed by atoms with Gasteiger partial charge in [-0.05, 0) is 44.5 Å². The van der Waals surface area contributed by atoms with Crippen molar-refractivity contribution >= 4 is 12.0 Å². The van der Waals surface area contributed by atoms with Crippen LogP contribution >= 0.6 is 0 Å². The van der Waals surface area contributed by atoms with Crippen LogP contribution in [0.1, 0.15) is 43.5 Å². The Morgan fingerprint density at radius 3 is 2.85 bits per heavy atom. The zero-order chi connectivity index (χ0) is 18.5. The molecule has 0 aromatic heterocycles. The Labute approximate surface area is 154 Å². The zero-order valence-corrected chi connectivity index (χ0v) is 15.5. The van der Waals surface area contributed by atoms with E-state index in [2.05, 4.69) is 5.32 Å². The van der Waals surface area contributed by atoms with Gasteiger partial charge in [-0.3, -0.25) is 4.79 Å². The predicted octanol–water partition coefficient (Wildman–Crippen LogP) is 4.30. The Morgan fingerprint density at radius 2 is 2.12 bits per heavy atom. The lowest BCUT2D eigenvalue weighted by atomic mass is 10.1. The maximum Gasteiger partial charge on any atom is 0.244 e. The summed E-state index contributed by atoms with van der Waals surface area (Å²) in [6, 6.07) is 13.8. The van der Waals surface area contributed by atoms with Crippen molar-refractivity contribution in [3.8, 4) is 11.5 Å². The average molecular weight is 351 g/mol. The van der Waals surface area contributed by atoms with Gasteiger partial charge in [0.25, 0.3) is 0 Å². The minimum atomic E-state index is -0.140. The monoisotopic (exact) mass is 351 g/mol. The molecule has 0 radical (unpaired) electrons. The first-order valence-electron chi connectivity index (χ1n) is 9.06. The van der Waals surface area contributed by atoms with Gasteiger partial charge in [0.1, 0.15) is 17.6 Å². The summed E-state index contributed by atoms with van der Waals surface area (Å²) in [6.07, 6.45) is 4.38. The van der Waals surface area contributed by atoms with Crippen LogP contribution in [0, 0.1) is 0 Å². The van der Waals surface area contributed by atoms with Crippen molar-refractivity contribution in [3.05, 3.63) is 65.2 Å². The van der Waals surface area contributed by atoms with Crippen LogP contribution in [0.25, 0.3) is 6.08 Å². The molecule has 0 saturated carbocycles. The SMILES string of the molecule is CCOc1cc2c(cc1/C=C/C(=O)N[C@@H](C)c1ccccc1)O[C@@H](C)C2. The number of hydrogen-bond acceptors (Lipinski definition) is 3. The van der Waals surface area contributed by atoms with Crippen LogP contribution in [-0.2, 0) is 11.2 Å². The Morgan fingerprint density at radius 1 is 1.35 bits per heavy atom. The molecule has 26 heavy (non-hydrogen) atoms. The molecule has 1 heterocycles. The van der Waals surface area contributed by atoms with Gasteiger partial charge in [0.05, 0.1) is 12.6 Å². The van der Waals surface area contributed by atoms with Gasteiger partial charge in [-0.1, -0.05) is 30.3 Å². The van der Waals surface area contributed by atoms with E-state index in [9.17, 15) is 4.79 Å². The molecule has 0 bridgehead atoms. The third-order valence-corrected chi connectivity index (χ3v) is 4.40. The Hall–Kier alpha value is -2.75. The largest absolute Gasteiger partial charge is 0.493 e. The summed E-state index contributed by atoms with van der Waals surface area (Å²) in [5.41, 5.74) is 3.08. The minimum absolute atomic E-state index is 0.0519. The van der Waals surface area contributed by atoms with Gasteiger partial charge in [-0.15, -0.1) is 0 Å². The fraction of sp³-hybridized carbons (Fsp3) is 0.318. The summed E-state index contributed by atoms with van der Waals surface area (Å²) in [4.78, 5) is 12.3. The van der Waals surface area contributed by atoms with Gasteiger partial charge in [-0.2, -0.15) is 0 Å². The second kappa shape index (κ2) is 8.09. The summed E-state index contributed by atoms with van der Waals surface area (Å²) >= 11 is 0. The van der Waals surface area contributed by atoms with Gasteiger partial charge in [0.2, 0.25) is 5.91 Å². The van der Waals surface area contributed by atoms with Crippen LogP contribution in [-0.4, -0.2) is 18.6 Å². The van der Waals surface area contributed by atoms with E-state index in [1.165, 1.54) is 0 Å². The standard InChI is InChI=1S/C22H25NO3/c1-4-25-20-14-19-12-15(2)26-21(19)13-18(20)10-11-22(24)23-16(3)17-8-6-5-7-9-17/h5-11,13-16H,4,12H2,1-3H3,(H,23,24)/b11-10+/t15-,16-/m0/s1. The maximum absolute atomic E-state index is 12.3. The van der Waals surface area contributed by atoms with Crippen LogP contribution in [0.3, 0.4) is 0 Å². The highest BCUT2D eigenvalue weighted by Gasteiger charge is 2.21. The van der Waals surface area contributed by atoms with Crippen molar-refractivity contribution in [2.24, 2.45) is 0 Å². The van der Waals surface area contributed by atoms with Crippen LogP contribution < -0.4 is 14.8 Å². The molecule has 1 aliphatic rings. The van der Waals surface area contributed by atoms with E-state index in [0.717, 1.165) is 34.6 Å². The highest BCUT2D eigenvalue weighted by molar-refractivity contribution is 5.92. The van der Waals surface area contributed by atoms with Crippen LogP contribution in [0.5, 0.6) is 11.5 Å². The van der Waals surface area contributed by atoms with Crippen molar-refractivity contribution in [1.82, 2.24) is 5.32 Å². The zero-order valence-electron chi connectivity index (χ0n) is 15.5. The molecule has 0 aliphatic carbocycles. The van der Waals surface area contributed by atoms with Gasteiger partial charge in [-0.25, -0.2) is 0 Å². The number of rotatable bonds is 6. The van der Waals surface area contributed by atoms with Gasteiger partial charge in [0.15, 0.2) is 0 Å². The smallest absolute Gasteiger partial charge is 0.244 e. The molecule has 136 valence electrons. The van der Waals surface area contributed by atoms with E-state index < -0.39 is 0 Å². The first kappa shape index (κ1) is 18.1. The third-order valence-electron chi connectivity index (χ3n) is 4.40. The molecule has 2 atom stereocenters. The lowest BCUT2D eigenvalue weighted by Crippen LogP contribution is -2.24. The molecule has 2 aromatic rings. The van der Waals surface area contributed by atoms with E-state index in [1.54, 1.807) is 12.2 Å². The number of ether oxygens (including phenoxy) is 2. The molecule has 4 heteroatoms. The van der Waals surface area contributed by atoms with E-state index in [4.69, 9.17) is 9.47 Å². The topological polar surface area (TPSA) is 47.6 Å². The molecular formula is C22H25NO3. The Balaban J connectivity index is 1.73. The molecule has 1 aliphatic heterocycles. The van der Waals surface area contributed by atoms with Crippen molar-refractivity contribution in [2.45, 2.75) is 39.3 Å². The number of fused-ring (bicyclic) bond motifs is 1. The minimum Gasteiger partial charge on any atom is -0.493 e. The number of nitrogens with one attached hydrogen (secondary N) is 1. The quantitative estimate of drug-likeness (QED) is 0.790. The van der Waals surface area contributed by atoms with Gasteiger partial charge >= 0.3 is 0 Å². The van der Waals surface area contributed by atoms with Crippen LogP contribution in [0.2, 0.25) is 0 Å². The number of carbonyl (C=O) groups is 1. The summed E-state index contributed by atoms with van der Waals surface area (Å²) in [5, 5.41) is 2.98. The summed E-state index contributed by atoms with van der Waals surface area (Å²) in [6.45, 7) is 6.55. The summed E-state index contributed by atoms with van der Waals surface area (Å²) in [5.74, 6) is 1.52. The molecule has 0 spiro atoms. The van der Waals surface area contributed by atoms with E-state index >= 15 is 0 Å². The van der Waals surface area contributed by atoms with Crippen molar-refractivity contribution in [2.75, 3.05) is 6.61 Å². The second-order valence-electron chi connectivity index (χ2n) is 6.54. The Bertz CT molecular complexity index is 799. The normalized spacial score (nSPS) is 16.8. The summed E-state index contributed by atoms with van der Waals surface area (Å²) < 4.78 is 11.6. The summed E-state index contributed by atoms with van der Waals surface area (Å²) in [7, 11) is 0. The highest BCUT2D eigenvalue weighted by Crippen LogP contribution is 2.35. The van der Waals surface area contributed by atoms with E-state index in [-0.39, 0.29) is 18.1 Å². The Kier molecular flexibility index (Phi) is 5.61. The molecule has 0 unspecified atom stereocenters. The number of benzene rings is 2. The van der Waals surface area contributed by atoms with Crippen molar-refractivity contribution in [1.29, 1.82) is 0 Å². The molecular weight excluding hydrogens is 326 g/mol. The first-order chi connectivity index (χ1) is 12.6. The molecule has 1 N–H and O–H groups in total. The lowest BCUT2D eigenvalue weighted by Gasteiger charge is -2.13. The van der Waals surface area contributed by atoms with E-state index in [0.29, 0.717) is 6.61 Å². The molecule has 1 amide bonds. The predicted molar refractivity (Wildman–Crippen MR) is 103 cm³/mol. The maximum atomic E-state index is 12.3. The second-order valence-corrected chi connectivity index (χ2v) is 6.54. The fourth-order valence-electron chi connectivity index (χ4n) is 3.12. The van der Waals surface area contributed by atoms with Gasteiger partial charge in [0, 0.05) is 23.6 Å². The molecule has 0 saturated heterocycles. The fourth-order valence-corrected chi connectivity index (χ4v) is 3.12. The van der Waals surface area contributed by atoms with Crippen molar-refractivity contribution in [3.63, 3.8) is 0 Å². The average Bonchev–Trinajstić information content (AvgIpc) is 2.99. The molecule has 2 aromatic carbocycles. The number of carbonyl (C=O) groups excluding carboxylic acids is 1. The first-order valence-corrected chi connectivity index (χ1v) is 9.06. The van der Waals surface area contributed by atoms with Crippen molar-refractivity contribution < 1.29 is 14.3 Å². The molecule has 3 rings (SSSR count). The van der Waals surface area contributed by atoms with Crippen LogP contribution in [0.15, 0.2) is 48.5 Å². The molecule has 0 fully saturated rings. The number of hydrogen-bond donors (Lipinski definition) is 1. The highest BCUT2D eigenvalue weighted by atomic mass is 16.5. The lowest BCUT2D eigenvalue weighted by molar-refractivity contribution is -0.117.